The Balaban J connectivity index is 2.30. The van der Waals surface area contributed by atoms with Crippen LogP contribution in [0.25, 0.3) is 6.08 Å². The van der Waals surface area contributed by atoms with Crippen molar-refractivity contribution in [2.45, 2.75) is 45.6 Å². The van der Waals surface area contributed by atoms with Crippen molar-refractivity contribution >= 4 is 27.9 Å². The molecule has 25 heavy (non-hydrogen) atoms. The number of amides is 1. The SMILES string of the molecule is CCOc1cc(OCC)c(/C=C(/C#N)C(=O)NC2CCCC2)cc1Br. The Kier molecular flexibility index (Phi) is 7.32. The molecule has 1 saturated carbocycles. The fourth-order valence-electron chi connectivity index (χ4n) is 2.85. The molecule has 134 valence electrons. The number of hydrogen-bond donors (Lipinski definition) is 1. The summed E-state index contributed by atoms with van der Waals surface area (Å²) in [4.78, 5) is 12.4. The van der Waals surface area contributed by atoms with E-state index in [1.54, 1.807) is 18.2 Å². The summed E-state index contributed by atoms with van der Waals surface area (Å²) in [5.41, 5.74) is 0.735. The predicted molar refractivity (Wildman–Crippen MR) is 100 cm³/mol. The topological polar surface area (TPSA) is 71.3 Å². The van der Waals surface area contributed by atoms with Crippen molar-refractivity contribution in [3.63, 3.8) is 0 Å². The first kappa shape index (κ1) is 19.3. The lowest BCUT2D eigenvalue weighted by atomic mass is 10.1. The first-order valence-corrected chi connectivity index (χ1v) is 9.40. The first-order chi connectivity index (χ1) is 12.1. The van der Waals surface area contributed by atoms with E-state index >= 15 is 0 Å². The average Bonchev–Trinajstić information content (AvgIpc) is 3.09. The van der Waals surface area contributed by atoms with Gasteiger partial charge in [-0.25, -0.2) is 0 Å². The number of rotatable bonds is 7. The molecule has 0 radical (unpaired) electrons. The zero-order chi connectivity index (χ0) is 18.2. The van der Waals surface area contributed by atoms with Gasteiger partial charge >= 0.3 is 0 Å². The second-order valence-electron chi connectivity index (χ2n) is 5.81. The average molecular weight is 407 g/mol. The standard InChI is InChI=1S/C19H23BrN2O3/c1-3-24-17-11-18(25-4-2)16(20)10-13(17)9-14(12-21)19(23)22-15-7-5-6-8-15/h9-11,15H,3-8H2,1-2H3,(H,22,23)/b14-9-. The summed E-state index contributed by atoms with van der Waals surface area (Å²) in [6.07, 6.45) is 5.76. The Morgan fingerprint density at radius 2 is 1.92 bits per heavy atom. The minimum Gasteiger partial charge on any atom is -0.493 e. The van der Waals surface area contributed by atoms with E-state index in [4.69, 9.17) is 9.47 Å². The maximum Gasteiger partial charge on any atom is 0.262 e. The lowest BCUT2D eigenvalue weighted by Crippen LogP contribution is -2.33. The first-order valence-electron chi connectivity index (χ1n) is 8.60. The molecule has 0 unspecified atom stereocenters. The van der Waals surface area contributed by atoms with Gasteiger partial charge in [-0.05, 0) is 54.8 Å². The van der Waals surface area contributed by atoms with Gasteiger partial charge in [0.1, 0.15) is 23.1 Å². The number of carbonyl (C=O) groups is 1. The molecular weight excluding hydrogens is 384 g/mol. The highest BCUT2D eigenvalue weighted by molar-refractivity contribution is 9.10. The summed E-state index contributed by atoms with van der Waals surface area (Å²) in [5.74, 6) is 0.912. The second kappa shape index (κ2) is 9.47. The molecule has 0 atom stereocenters. The van der Waals surface area contributed by atoms with E-state index in [0.717, 1.165) is 30.2 Å². The van der Waals surface area contributed by atoms with Gasteiger partial charge < -0.3 is 14.8 Å². The molecule has 2 rings (SSSR count). The normalized spacial score (nSPS) is 14.9. The summed E-state index contributed by atoms with van der Waals surface area (Å²) >= 11 is 3.46. The van der Waals surface area contributed by atoms with Crippen LogP contribution in [0.4, 0.5) is 0 Å². The van der Waals surface area contributed by atoms with E-state index < -0.39 is 0 Å². The van der Waals surface area contributed by atoms with Gasteiger partial charge in [-0.2, -0.15) is 5.26 Å². The Hall–Kier alpha value is -2.00. The minimum atomic E-state index is -0.332. The molecule has 5 nitrogen and oxygen atoms in total. The maximum atomic E-state index is 12.4. The molecule has 1 amide bonds. The van der Waals surface area contributed by atoms with Gasteiger partial charge in [0.25, 0.3) is 5.91 Å². The lowest BCUT2D eigenvalue weighted by molar-refractivity contribution is -0.117. The van der Waals surface area contributed by atoms with E-state index in [9.17, 15) is 10.1 Å². The number of nitrogens with one attached hydrogen (secondary N) is 1. The fourth-order valence-corrected chi connectivity index (χ4v) is 3.32. The van der Waals surface area contributed by atoms with Crippen molar-refractivity contribution in [1.82, 2.24) is 5.32 Å². The third-order valence-electron chi connectivity index (χ3n) is 4.02. The Morgan fingerprint density at radius 3 is 2.52 bits per heavy atom. The molecule has 1 aliphatic rings. The summed E-state index contributed by atoms with van der Waals surface area (Å²) < 4.78 is 12.0. The van der Waals surface area contributed by atoms with Crippen LogP contribution in [-0.2, 0) is 4.79 Å². The summed E-state index contributed by atoms with van der Waals surface area (Å²) in [6.45, 7) is 4.80. The molecule has 0 aliphatic heterocycles. The number of nitriles is 1. The molecule has 0 heterocycles. The van der Waals surface area contributed by atoms with Crippen LogP contribution in [0.15, 0.2) is 22.2 Å². The number of nitrogens with zero attached hydrogens (tertiary/aromatic N) is 1. The van der Waals surface area contributed by atoms with Crippen molar-refractivity contribution in [3.8, 4) is 17.6 Å². The Morgan fingerprint density at radius 1 is 1.28 bits per heavy atom. The van der Waals surface area contributed by atoms with Crippen LogP contribution in [-0.4, -0.2) is 25.2 Å². The fraction of sp³-hybridized carbons (Fsp3) is 0.474. The predicted octanol–water partition coefficient (Wildman–Crippen LogP) is 4.21. The van der Waals surface area contributed by atoms with Gasteiger partial charge in [0.15, 0.2) is 0 Å². The van der Waals surface area contributed by atoms with Crippen LogP contribution < -0.4 is 14.8 Å². The molecular formula is C19H23BrN2O3. The highest BCUT2D eigenvalue weighted by Crippen LogP contribution is 2.34. The van der Waals surface area contributed by atoms with Gasteiger partial charge in [-0.1, -0.05) is 12.8 Å². The zero-order valence-corrected chi connectivity index (χ0v) is 16.2. The summed E-state index contributed by atoms with van der Waals surface area (Å²) in [7, 11) is 0. The molecule has 1 aromatic carbocycles. The van der Waals surface area contributed by atoms with Crippen molar-refractivity contribution < 1.29 is 14.3 Å². The highest BCUT2D eigenvalue weighted by atomic mass is 79.9. The van der Waals surface area contributed by atoms with Crippen LogP contribution in [0.3, 0.4) is 0 Å². The highest BCUT2D eigenvalue weighted by Gasteiger charge is 2.20. The molecule has 1 fully saturated rings. The van der Waals surface area contributed by atoms with E-state index in [-0.39, 0.29) is 17.5 Å². The molecule has 1 N–H and O–H groups in total. The number of carbonyl (C=O) groups excluding carboxylic acids is 1. The maximum absolute atomic E-state index is 12.4. The molecule has 0 bridgehead atoms. The number of benzene rings is 1. The molecule has 6 heteroatoms. The molecule has 1 aliphatic carbocycles. The third kappa shape index (κ3) is 5.23. The van der Waals surface area contributed by atoms with Gasteiger partial charge in [0.05, 0.1) is 17.7 Å². The number of halogens is 1. The van der Waals surface area contributed by atoms with Crippen molar-refractivity contribution in [2.75, 3.05) is 13.2 Å². The quantitative estimate of drug-likeness (QED) is 0.543. The van der Waals surface area contributed by atoms with Gasteiger partial charge in [-0.15, -0.1) is 0 Å². The summed E-state index contributed by atoms with van der Waals surface area (Å²) in [5, 5.41) is 12.3. The number of ether oxygens (including phenoxy) is 2. The molecule has 0 spiro atoms. The number of hydrogen-bond acceptors (Lipinski definition) is 4. The van der Waals surface area contributed by atoms with Gasteiger partial charge in [0.2, 0.25) is 0 Å². The minimum absolute atomic E-state index is 0.0731. The Labute approximate surface area is 157 Å². The Bertz CT molecular complexity index is 689. The smallest absolute Gasteiger partial charge is 0.262 e. The van der Waals surface area contributed by atoms with Gasteiger partial charge in [-0.3, -0.25) is 4.79 Å². The lowest BCUT2D eigenvalue weighted by Gasteiger charge is -2.14. The largest absolute Gasteiger partial charge is 0.493 e. The molecule has 0 aromatic heterocycles. The van der Waals surface area contributed by atoms with Crippen molar-refractivity contribution in [1.29, 1.82) is 5.26 Å². The summed E-state index contributed by atoms with van der Waals surface area (Å²) in [6, 6.07) is 5.74. The van der Waals surface area contributed by atoms with Crippen LogP contribution in [0, 0.1) is 11.3 Å². The van der Waals surface area contributed by atoms with Crippen molar-refractivity contribution in [3.05, 3.63) is 27.7 Å². The molecule has 1 aromatic rings. The van der Waals surface area contributed by atoms with E-state index in [2.05, 4.69) is 21.2 Å². The van der Waals surface area contributed by atoms with E-state index in [0.29, 0.717) is 30.3 Å². The van der Waals surface area contributed by atoms with Crippen LogP contribution in [0.2, 0.25) is 0 Å². The van der Waals surface area contributed by atoms with E-state index in [1.165, 1.54) is 0 Å². The molecule has 0 saturated heterocycles. The monoisotopic (exact) mass is 406 g/mol. The zero-order valence-electron chi connectivity index (χ0n) is 14.6. The van der Waals surface area contributed by atoms with Crippen LogP contribution in [0.1, 0.15) is 45.1 Å². The van der Waals surface area contributed by atoms with Crippen LogP contribution in [0.5, 0.6) is 11.5 Å². The van der Waals surface area contributed by atoms with Crippen molar-refractivity contribution in [2.24, 2.45) is 0 Å². The third-order valence-corrected chi connectivity index (χ3v) is 4.64. The van der Waals surface area contributed by atoms with E-state index in [1.807, 2.05) is 19.9 Å². The van der Waals surface area contributed by atoms with Gasteiger partial charge in [0, 0.05) is 17.7 Å². The second-order valence-corrected chi connectivity index (χ2v) is 6.67. The van der Waals surface area contributed by atoms with Crippen LogP contribution >= 0.6 is 15.9 Å².